The molecule has 0 aromatic carbocycles. The van der Waals surface area contributed by atoms with Gasteiger partial charge in [-0.15, -0.1) is 0 Å². The van der Waals surface area contributed by atoms with E-state index in [0.717, 1.165) is 5.65 Å². The number of carbonyl (C=O) groups excluding carboxylic acids is 1. The van der Waals surface area contributed by atoms with Crippen molar-refractivity contribution in [1.29, 1.82) is 0 Å². The molecule has 18 heavy (non-hydrogen) atoms. The molecule has 0 fully saturated rings. The molecular weight excluding hydrogens is 298 g/mol. The zero-order chi connectivity index (χ0) is 13.1. The summed E-state index contributed by atoms with van der Waals surface area (Å²) in [4.78, 5) is 22.1. The second-order valence-electron chi connectivity index (χ2n) is 3.73. The van der Waals surface area contributed by atoms with Gasteiger partial charge in [-0.25, -0.2) is 9.97 Å². The summed E-state index contributed by atoms with van der Waals surface area (Å²) < 4.78 is 2.58. The normalized spacial score (nSPS) is 10.6. The van der Waals surface area contributed by atoms with Crippen molar-refractivity contribution in [3.63, 3.8) is 0 Å². The number of hydrogen-bond donors (Lipinski definition) is 1. The molecule has 0 aliphatic rings. The van der Waals surface area contributed by atoms with E-state index in [4.69, 9.17) is 0 Å². The minimum absolute atomic E-state index is 0.0525. The molecule has 0 aliphatic carbocycles. The molecule has 0 atom stereocenters. The number of carbonyl (C=O) groups is 1. The van der Waals surface area contributed by atoms with E-state index in [1.807, 2.05) is 28.6 Å². The van der Waals surface area contributed by atoms with Crippen LogP contribution in [0.5, 0.6) is 0 Å². The number of amides is 1. The van der Waals surface area contributed by atoms with Crippen LogP contribution >= 0.6 is 15.9 Å². The second kappa shape index (κ2) is 5.34. The fourth-order valence-corrected chi connectivity index (χ4v) is 2.07. The minimum Gasteiger partial charge on any atom is -0.358 e. The third-order valence-corrected chi connectivity index (χ3v) is 3.00. The number of rotatable bonds is 4. The quantitative estimate of drug-likeness (QED) is 0.917. The first-order chi connectivity index (χ1) is 8.65. The molecule has 0 bridgehead atoms. The largest absolute Gasteiger partial charge is 0.358 e. The van der Waals surface area contributed by atoms with Crippen LogP contribution in [0.3, 0.4) is 0 Å². The van der Waals surface area contributed by atoms with Gasteiger partial charge in [-0.2, -0.15) is 0 Å². The smallest absolute Gasteiger partial charge is 0.239 e. The van der Waals surface area contributed by atoms with Gasteiger partial charge in [0.05, 0.1) is 6.54 Å². The summed E-state index contributed by atoms with van der Waals surface area (Å²) in [5.41, 5.74) is 0.740. The molecule has 96 valence electrons. The summed E-state index contributed by atoms with van der Waals surface area (Å²) in [6, 6.07) is 0. The van der Waals surface area contributed by atoms with Crippen LogP contribution in [0.4, 0.5) is 5.82 Å². The molecule has 0 radical (unpaired) electrons. The predicted octanol–water partition coefficient (Wildman–Crippen LogP) is 1.06. The number of imidazole rings is 1. The molecule has 0 aliphatic heterocycles. The van der Waals surface area contributed by atoms with Crippen molar-refractivity contribution >= 4 is 33.3 Å². The first-order valence-electron chi connectivity index (χ1n) is 5.60. The maximum atomic E-state index is 11.5. The number of nitrogens with one attached hydrogen (secondary N) is 1. The first-order valence-corrected chi connectivity index (χ1v) is 6.39. The molecule has 1 amide bonds. The van der Waals surface area contributed by atoms with Crippen molar-refractivity contribution in [2.24, 2.45) is 0 Å². The molecule has 1 N–H and O–H groups in total. The number of anilines is 1. The van der Waals surface area contributed by atoms with Crippen LogP contribution in [0.15, 0.2) is 23.2 Å². The van der Waals surface area contributed by atoms with Gasteiger partial charge in [0.25, 0.3) is 0 Å². The average Bonchev–Trinajstić information content (AvgIpc) is 2.82. The summed E-state index contributed by atoms with van der Waals surface area (Å²) in [6.45, 7) is 2.92. The van der Waals surface area contributed by atoms with Crippen molar-refractivity contribution in [1.82, 2.24) is 19.7 Å². The molecule has 7 heteroatoms. The second-order valence-corrected chi connectivity index (χ2v) is 4.55. The zero-order valence-corrected chi connectivity index (χ0v) is 11.8. The highest BCUT2D eigenvalue weighted by atomic mass is 79.9. The maximum absolute atomic E-state index is 11.5. The number of hydrogen-bond acceptors (Lipinski definition) is 4. The SMILES string of the molecule is CCN(CC(=O)NC)c1nc(Br)cn2ccnc12. The van der Waals surface area contributed by atoms with E-state index in [1.165, 1.54) is 0 Å². The van der Waals surface area contributed by atoms with Crippen molar-refractivity contribution in [3.05, 3.63) is 23.2 Å². The highest BCUT2D eigenvalue weighted by molar-refractivity contribution is 9.10. The lowest BCUT2D eigenvalue weighted by Gasteiger charge is -2.21. The molecule has 0 unspecified atom stereocenters. The van der Waals surface area contributed by atoms with Crippen LogP contribution < -0.4 is 10.2 Å². The lowest BCUT2D eigenvalue weighted by Crippen LogP contribution is -2.36. The summed E-state index contributed by atoms with van der Waals surface area (Å²) in [5, 5.41) is 2.61. The standard InChI is InChI=1S/C11H14BrN5O/c1-3-16(7-9(18)13-2)11-10-14-4-5-17(10)6-8(12)15-11/h4-6H,3,7H2,1-2H3,(H,13,18). The summed E-state index contributed by atoms with van der Waals surface area (Å²) in [5.74, 6) is 0.642. The van der Waals surface area contributed by atoms with E-state index in [2.05, 4.69) is 31.2 Å². The van der Waals surface area contributed by atoms with Crippen molar-refractivity contribution < 1.29 is 4.79 Å². The minimum atomic E-state index is -0.0525. The third kappa shape index (κ3) is 2.45. The van der Waals surface area contributed by atoms with Gasteiger partial charge in [-0.05, 0) is 22.9 Å². The number of nitrogens with zero attached hydrogens (tertiary/aromatic N) is 4. The Morgan fingerprint density at radius 2 is 2.39 bits per heavy atom. The summed E-state index contributed by atoms with van der Waals surface area (Å²) in [6.07, 6.45) is 5.39. The highest BCUT2D eigenvalue weighted by Gasteiger charge is 2.15. The highest BCUT2D eigenvalue weighted by Crippen LogP contribution is 2.20. The first kappa shape index (κ1) is 12.8. The Morgan fingerprint density at radius 3 is 3.06 bits per heavy atom. The van der Waals surface area contributed by atoms with Gasteiger partial charge in [0, 0.05) is 32.2 Å². The number of aromatic nitrogens is 3. The Hall–Kier alpha value is -1.63. The van der Waals surface area contributed by atoms with Gasteiger partial charge >= 0.3 is 0 Å². The van der Waals surface area contributed by atoms with Crippen molar-refractivity contribution in [2.45, 2.75) is 6.92 Å². The Labute approximate surface area is 113 Å². The number of likely N-dealkylation sites (N-methyl/N-ethyl adjacent to an activating group) is 2. The topological polar surface area (TPSA) is 62.5 Å². The van der Waals surface area contributed by atoms with Gasteiger partial charge in [0.15, 0.2) is 11.5 Å². The van der Waals surface area contributed by atoms with Crippen LogP contribution in [0.1, 0.15) is 6.92 Å². The lowest BCUT2D eigenvalue weighted by molar-refractivity contribution is -0.119. The average molecular weight is 312 g/mol. The fourth-order valence-electron chi connectivity index (χ4n) is 1.69. The van der Waals surface area contributed by atoms with Crippen molar-refractivity contribution in [3.8, 4) is 0 Å². The Balaban J connectivity index is 2.43. The van der Waals surface area contributed by atoms with Gasteiger partial charge in [0.2, 0.25) is 5.91 Å². The molecule has 6 nitrogen and oxygen atoms in total. The summed E-state index contributed by atoms with van der Waals surface area (Å²) >= 11 is 3.36. The van der Waals surface area contributed by atoms with E-state index in [1.54, 1.807) is 13.2 Å². The molecule has 0 spiro atoms. The molecule has 2 heterocycles. The van der Waals surface area contributed by atoms with Gasteiger partial charge in [0.1, 0.15) is 4.60 Å². The van der Waals surface area contributed by atoms with Gasteiger partial charge < -0.3 is 14.6 Å². The Kier molecular flexibility index (Phi) is 3.81. The molecule has 0 saturated heterocycles. The maximum Gasteiger partial charge on any atom is 0.239 e. The van der Waals surface area contributed by atoms with Gasteiger partial charge in [-0.3, -0.25) is 4.79 Å². The number of fused-ring (bicyclic) bond motifs is 1. The van der Waals surface area contributed by atoms with Crippen LogP contribution in [-0.4, -0.2) is 40.4 Å². The molecule has 2 rings (SSSR count). The fraction of sp³-hybridized carbons (Fsp3) is 0.364. The van der Waals surface area contributed by atoms with E-state index >= 15 is 0 Å². The number of halogens is 1. The van der Waals surface area contributed by atoms with Crippen molar-refractivity contribution in [2.75, 3.05) is 25.0 Å². The van der Waals surface area contributed by atoms with Crippen LogP contribution in [0.25, 0.3) is 5.65 Å². The molecule has 2 aromatic heterocycles. The zero-order valence-electron chi connectivity index (χ0n) is 10.2. The van der Waals surface area contributed by atoms with Crippen LogP contribution in [0, 0.1) is 0 Å². The Bertz CT molecular complexity index is 568. The van der Waals surface area contributed by atoms with E-state index in [9.17, 15) is 4.79 Å². The lowest BCUT2D eigenvalue weighted by atomic mass is 10.4. The Morgan fingerprint density at radius 1 is 1.61 bits per heavy atom. The summed E-state index contributed by atoms with van der Waals surface area (Å²) in [7, 11) is 1.62. The van der Waals surface area contributed by atoms with Gasteiger partial charge in [-0.1, -0.05) is 0 Å². The predicted molar refractivity (Wildman–Crippen MR) is 72.6 cm³/mol. The monoisotopic (exact) mass is 311 g/mol. The van der Waals surface area contributed by atoms with E-state index in [0.29, 0.717) is 17.0 Å². The molecule has 2 aromatic rings. The van der Waals surface area contributed by atoms with E-state index in [-0.39, 0.29) is 12.5 Å². The third-order valence-electron chi connectivity index (χ3n) is 2.62. The molecule has 0 saturated carbocycles. The molecular formula is C11H14BrN5O. The van der Waals surface area contributed by atoms with Crippen LogP contribution in [-0.2, 0) is 4.79 Å². The van der Waals surface area contributed by atoms with E-state index < -0.39 is 0 Å². The van der Waals surface area contributed by atoms with Crippen LogP contribution in [0.2, 0.25) is 0 Å².